The molecule has 0 aromatic carbocycles. The fourth-order valence-electron chi connectivity index (χ4n) is 11.8. The zero-order valence-corrected chi connectivity index (χ0v) is 26.3. The molecule has 6 saturated carbocycles. The second-order valence-electron chi connectivity index (χ2n) is 16.3. The number of carbonyl (C=O) groups is 4. The molecule has 234 valence electrons. The van der Waals surface area contributed by atoms with Crippen molar-refractivity contribution in [3.63, 3.8) is 0 Å². The van der Waals surface area contributed by atoms with Crippen LogP contribution in [0.15, 0.2) is 0 Å². The van der Waals surface area contributed by atoms with E-state index >= 15 is 0 Å². The van der Waals surface area contributed by atoms with Crippen molar-refractivity contribution < 1.29 is 33.8 Å². The van der Waals surface area contributed by atoms with Gasteiger partial charge in [0.1, 0.15) is 5.78 Å². The molecular formula is C35H52O7. The molecule has 1 N–H and O–H groups in total. The van der Waals surface area contributed by atoms with E-state index in [1.807, 2.05) is 27.7 Å². The fraction of sp³-hybridized carbons (Fsp3) is 0.886. The summed E-state index contributed by atoms with van der Waals surface area (Å²) in [4.78, 5) is 51.1. The van der Waals surface area contributed by atoms with Gasteiger partial charge in [-0.3, -0.25) is 19.2 Å². The summed E-state index contributed by atoms with van der Waals surface area (Å²) < 4.78 is 12.0. The number of fused-ring (bicyclic) bond motifs is 10. The maximum atomic E-state index is 13.5. The van der Waals surface area contributed by atoms with Crippen LogP contribution in [-0.2, 0) is 28.7 Å². The number of ether oxygens (including phenoxy) is 2. The Morgan fingerprint density at radius 2 is 1.21 bits per heavy atom. The molecule has 0 heterocycles. The number of Topliss-reactive ketones (excluding diaryl/α,β-unsaturated/α-hetero) is 1. The monoisotopic (exact) mass is 584 g/mol. The molecule has 6 rings (SSSR count). The predicted octanol–water partition coefficient (Wildman–Crippen LogP) is 6.18. The zero-order chi connectivity index (χ0) is 30.1. The molecule has 13 atom stereocenters. The highest BCUT2D eigenvalue weighted by Crippen LogP contribution is 2.64. The number of carboxylic acids is 1. The summed E-state index contributed by atoms with van der Waals surface area (Å²) in [5.41, 5.74) is -1.64. The summed E-state index contributed by atoms with van der Waals surface area (Å²) >= 11 is 0. The Hall–Kier alpha value is -1.92. The summed E-state index contributed by atoms with van der Waals surface area (Å²) in [6.07, 6.45) is 9.30. The Labute approximate surface area is 251 Å². The van der Waals surface area contributed by atoms with E-state index in [1.54, 1.807) is 6.92 Å². The lowest BCUT2D eigenvalue weighted by molar-refractivity contribution is -0.166. The van der Waals surface area contributed by atoms with Crippen molar-refractivity contribution in [2.24, 2.45) is 81.8 Å². The first-order chi connectivity index (χ1) is 19.8. The molecule has 7 nitrogen and oxygen atoms in total. The maximum absolute atomic E-state index is 13.5. The summed E-state index contributed by atoms with van der Waals surface area (Å²) in [6.45, 7) is 10.1. The van der Waals surface area contributed by atoms with Gasteiger partial charge in [0.05, 0.1) is 30.0 Å². The van der Waals surface area contributed by atoms with Gasteiger partial charge in [-0.05, 0) is 151 Å². The van der Waals surface area contributed by atoms with Gasteiger partial charge in [0.15, 0.2) is 0 Å². The predicted molar refractivity (Wildman–Crippen MR) is 156 cm³/mol. The zero-order valence-electron chi connectivity index (χ0n) is 26.3. The van der Waals surface area contributed by atoms with Crippen LogP contribution in [0.3, 0.4) is 0 Å². The third-order valence-electron chi connectivity index (χ3n) is 13.7. The molecule has 6 fully saturated rings. The van der Waals surface area contributed by atoms with Crippen LogP contribution in [0.2, 0.25) is 0 Å². The van der Waals surface area contributed by atoms with E-state index in [1.165, 1.54) is 12.8 Å². The lowest BCUT2D eigenvalue weighted by Gasteiger charge is -2.37. The van der Waals surface area contributed by atoms with Crippen molar-refractivity contribution >= 4 is 23.7 Å². The van der Waals surface area contributed by atoms with E-state index in [9.17, 15) is 24.3 Å². The van der Waals surface area contributed by atoms with Gasteiger partial charge in [-0.25, -0.2) is 0 Å². The van der Waals surface area contributed by atoms with E-state index in [4.69, 9.17) is 9.47 Å². The highest BCUT2D eigenvalue weighted by atomic mass is 16.5. The van der Waals surface area contributed by atoms with Gasteiger partial charge in [0.2, 0.25) is 0 Å². The topological polar surface area (TPSA) is 107 Å². The van der Waals surface area contributed by atoms with Gasteiger partial charge in [-0.1, -0.05) is 6.92 Å². The largest absolute Gasteiger partial charge is 0.481 e. The summed E-state index contributed by atoms with van der Waals surface area (Å²) in [6, 6.07) is 0. The summed E-state index contributed by atoms with van der Waals surface area (Å²) in [5.74, 6) is 3.64. The number of carboxylic acid groups (broad SMARTS) is 1. The minimum absolute atomic E-state index is 0.189. The molecule has 0 aromatic heterocycles. The highest BCUT2D eigenvalue weighted by Gasteiger charge is 2.60. The van der Waals surface area contributed by atoms with Crippen LogP contribution in [0.1, 0.15) is 98.8 Å². The van der Waals surface area contributed by atoms with E-state index < -0.39 is 16.8 Å². The maximum Gasteiger partial charge on any atom is 0.311 e. The molecular weight excluding hydrogens is 532 g/mol. The van der Waals surface area contributed by atoms with E-state index in [2.05, 4.69) is 0 Å². The molecule has 0 aromatic rings. The van der Waals surface area contributed by atoms with Gasteiger partial charge >= 0.3 is 17.9 Å². The fourth-order valence-corrected chi connectivity index (χ4v) is 11.8. The van der Waals surface area contributed by atoms with Crippen LogP contribution >= 0.6 is 0 Å². The Bertz CT molecular complexity index is 1110. The Morgan fingerprint density at radius 3 is 1.71 bits per heavy atom. The third kappa shape index (κ3) is 4.93. The summed E-state index contributed by atoms with van der Waals surface area (Å²) in [5, 5.41) is 9.73. The van der Waals surface area contributed by atoms with Gasteiger partial charge in [0.25, 0.3) is 0 Å². The van der Waals surface area contributed by atoms with Crippen LogP contribution in [0.5, 0.6) is 0 Å². The number of esters is 2. The molecule has 0 aliphatic heterocycles. The minimum atomic E-state index is -0.848. The number of rotatable bonds is 11. The van der Waals surface area contributed by atoms with Gasteiger partial charge in [-0.2, -0.15) is 0 Å². The Kier molecular flexibility index (Phi) is 7.82. The number of aliphatic carboxylic acids is 1. The quantitative estimate of drug-likeness (QED) is 0.289. The molecule has 13 unspecified atom stereocenters. The number of hydrogen-bond donors (Lipinski definition) is 1. The molecule has 4 bridgehead atoms. The first-order valence-electron chi connectivity index (χ1n) is 16.9. The molecule has 6 aliphatic carbocycles. The third-order valence-corrected chi connectivity index (χ3v) is 13.7. The molecule has 0 amide bonds. The first kappa shape index (κ1) is 30.1. The van der Waals surface area contributed by atoms with E-state index in [0.717, 1.165) is 38.5 Å². The van der Waals surface area contributed by atoms with Crippen molar-refractivity contribution in [2.75, 3.05) is 13.2 Å². The van der Waals surface area contributed by atoms with Crippen LogP contribution in [0, 0.1) is 81.8 Å². The summed E-state index contributed by atoms with van der Waals surface area (Å²) in [7, 11) is 0. The molecule has 7 heteroatoms. The van der Waals surface area contributed by atoms with Crippen LogP contribution < -0.4 is 0 Å². The van der Waals surface area contributed by atoms with Gasteiger partial charge in [-0.15, -0.1) is 0 Å². The minimum Gasteiger partial charge on any atom is -0.481 e. The molecule has 0 radical (unpaired) electrons. The lowest BCUT2D eigenvalue weighted by atomic mass is 9.71. The van der Waals surface area contributed by atoms with Crippen molar-refractivity contribution in [1.82, 2.24) is 0 Å². The second-order valence-corrected chi connectivity index (χ2v) is 16.3. The number of hydrogen-bond acceptors (Lipinski definition) is 6. The van der Waals surface area contributed by atoms with Crippen molar-refractivity contribution in [2.45, 2.75) is 98.8 Å². The van der Waals surface area contributed by atoms with E-state index in [-0.39, 0.29) is 35.6 Å². The normalized spacial score (nSPS) is 42.7. The van der Waals surface area contributed by atoms with Crippen molar-refractivity contribution in [1.29, 1.82) is 0 Å². The van der Waals surface area contributed by atoms with Gasteiger partial charge in [0, 0.05) is 5.92 Å². The lowest BCUT2D eigenvalue weighted by Crippen LogP contribution is -2.40. The van der Waals surface area contributed by atoms with E-state index in [0.29, 0.717) is 79.2 Å². The van der Waals surface area contributed by atoms with Crippen LogP contribution in [-0.4, -0.2) is 42.0 Å². The average Bonchev–Trinajstić information content (AvgIpc) is 3.75. The number of ketones is 1. The molecule has 0 saturated heterocycles. The van der Waals surface area contributed by atoms with Crippen LogP contribution in [0.25, 0.3) is 0 Å². The Morgan fingerprint density at radius 1 is 0.714 bits per heavy atom. The molecule has 0 spiro atoms. The highest BCUT2D eigenvalue weighted by molar-refractivity contribution is 5.80. The molecule has 6 aliphatic rings. The Balaban J connectivity index is 1.01. The molecule has 42 heavy (non-hydrogen) atoms. The van der Waals surface area contributed by atoms with Crippen molar-refractivity contribution in [3.8, 4) is 0 Å². The second kappa shape index (κ2) is 10.9. The SMILES string of the molecule is CCC(C)(CC(C)(C)C(=O)OCC1CC2CC1C1C(C(=O)O)CCC21)C(=O)OCC1CC2CC1C1C(C(C)=O)CCC21. The smallest absolute Gasteiger partial charge is 0.311 e. The standard InChI is InChI=1S/C35H52O7/c1-6-35(5,33(40)42-16-22-11-19-13-27(22)29-23(18(2)36)7-8-24(19)29)17-34(3,4)32(39)41-15-21-12-20-14-28(21)30-25(20)9-10-26(30)31(37)38/h19-30H,6-17H2,1-5H3,(H,37,38). The van der Waals surface area contributed by atoms with Crippen LogP contribution in [0.4, 0.5) is 0 Å². The number of carbonyl (C=O) groups excluding carboxylic acids is 3. The average molecular weight is 585 g/mol. The van der Waals surface area contributed by atoms with Crippen molar-refractivity contribution in [3.05, 3.63) is 0 Å². The first-order valence-corrected chi connectivity index (χ1v) is 16.9. The van der Waals surface area contributed by atoms with Gasteiger partial charge < -0.3 is 14.6 Å².